The lowest BCUT2D eigenvalue weighted by atomic mass is 9.97. The molecule has 0 atom stereocenters. The van der Waals surface area contributed by atoms with Gasteiger partial charge < -0.3 is 14.2 Å². The SMILES string of the molecule is O=C(CC1CCCC1)N1CC(c2nc(CCOCC3CC3)no2)C1. The highest BCUT2D eigenvalue weighted by Crippen LogP contribution is 2.31. The van der Waals surface area contributed by atoms with Crippen LogP contribution in [0.2, 0.25) is 0 Å². The molecule has 0 unspecified atom stereocenters. The van der Waals surface area contributed by atoms with Gasteiger partial charge in [-0.25, -0.2) is 0 Å². The normalized spacial score (nSPS) is 22.1. The summed E-state index contributed by atoms with van der Waals surface area (Å²) in [7, 11) is 0. The summed E-state index contributed by atoms with van der Waals surface area (Å²) in [4.78, 5) is 18.6. The number of aromatic nitrogens is 2. The van der Waals surface area contributed by atoms with E-state index in [1.54, 1.807) is 0 Å². The third-order valence-corrected chi connectivity index (χ3v) is 5.53. The lowest BCUT2D eigenvalue weighted by Gasteiger charge is -2.37. The Kier molecular flexibility index (Phi) is 4.83. The predicted octanol–water partition coefficient (Wildman–Crippen LogP) is 2.54. The molecule has 0 bridgehead atoms. The van der Waals surface area contributed by atoms with Crippen LogP contribution in [0.15, 0.2) is 4.52 Å². The maximum Gasteiger partial charge on any atom is 0.233 e. The smallest absolute Gasteiger partial charge is 0.233 e. The Morgan fingerprint density at radius 3 is 2.71 bits per heavy atom. The number of ether oxygens (including phenoxy) is 1. The molecule has 2 saturated carbocycles. The fourth-order valence-electron chi connectivity index (χ4n) is 3.66. The van der Waals surface area contributed by atoms with E-state index in [1.807, 2.05) is 4.90 Å². The molecule has 1 aliphatic heterocycles. The Morgan fingerprint density at radius 2 is 1.96 bits per heavy atom. The van der Waals surface area contributed by atoms with Crippen LogP contribution in [-0.4, -0.2) is 47.3 Å². The zero-order chi connectivity index (χ0) is 16.4. The second-order valence-corrected chi connectivity index (χ2v) is 7.67. The van der Waals surface area contributed by atoms with E-state index in [2.05, 4.69) is 10.1 Å². The molecular weight excluding hydrogens is 306 g/mol. The number of rotatable bonds is 8. The number of carbonyl (C=O) groups is 1. The van der Waals surface area contributed by atoms with Gasteiger partial charge in [0.05, 0.1) is 12.5 Å². The van der Waals surface area contributed by atoms with E-state index in [0.717, 1.165) is 37.9 Å². The Balaban J connectivity index is 1.17. The lowest BCUT2D eigenvalue weighted by Crippen LogP contribution is -2.48. The average Bonchev–Trinajstić information content (AvgIpc) is 3.00. The number of carbonyl (C=O) groups excluding carboxylic acids is 1. The molecule has 24 heavy (non-hydrogen) atoms. The minimum Gasteiger partial charge on any atom is -0.381 e. The molecule has 1 amide bonds. The fourth-order valence-corrected chi connectivity index (χ4v) is 3.66. The predicted molar refractivity (Wildman–Crippen MR) is 87.4 cm³/mol. The Labute approximate surface area is 142 Å². The molecule has 0 radical (unpaired) electrons. The van der Waals surface area contributed by atoms with Gasteiger partial charge in [-0.15, -0.1) is 0 Å². The second kappa shape index (κ2) is 7.21. The van der Waals surface area contributed by atoms with Gasteiger partial charge in [-0.3, -0.25) is 4.79 Å². The molecule has 0 aromatic carbocycles. The van der Waals surface area contributed by atoms with E-state index in [1.165, 1.54) is 38.5 Å². The van der Waals surface area contributed by atoms with Gasteiger partial charge in [0.25, 0.3) is 0 Å². The van der Waals surface area contributed by atoms with Crippen molar-refractivity contribution in [1.29, 1.82) is 0 Å². The summed E-state index contributed by atoms with van der Waals surface area (Å²) in [5.74, 6) is 3.31. The maximum absolute atomic E-state index is 12.2. The molecule has 1 aromatic rings. The van der Waals surface area contributed by atoms with Gasteiger partial charge in [0.2, 0.25) is 11.8 Å². The van der Waals surface area contributed by atoms with E-state index in [-0.39, 0.29) is 5.92 Å². The molecule has 3 fully saturated rings. The fraction of sp³-hybridized carbons (Fsp3) is 0.833. The molecular formula is C18H27N3O3. The number of amides is 1. The van der Waals surface area contributed by atoms with Gasteiger partial charge in [-0.1, -0.05) is 18.0 Å². The molecule has 132 valence electrons. The minimum atomic E-state index is 0.214. The first kappa shape index (κ1) is 16.1. The number of hydrogen-bond donors (Lipinski definition) is 0. The lowest BCUT2D eigenvalue weighted by molar-refractivity contribution is -0.137. The van der Waals surface area contributed by atoms with Crippen LogP contribution in [0, 0.1) is 11.8 Å². The van der Waals surface area contributed by atoms with Gasteiger partial charge in [0.15, 0.2) is 5.82 Å². The largest absolute Gasteiger partial charge is 0.381 e. The maximum atomic E-state index is 12.2. The summed E-state index contributed by atoms with van der Waals surface area (Å²) in [6.07, 6.45) is 9.06. The summed E-state index contributed by atoms with van der Waals surface area (Å²) >= 11 is 0. The van der Waals surface area contributed by atoms with Gasteiger partial charge in [-0.2, -0.15) is 4.98 Å². The quantitative estimate of drug-likeness (QED) is 0.684. The van der Waals surface area contributed by atoms with Crippen molar-refractivity contribution in [3.8, 4) is 0 Å². The van der Waals surface area contributed by atoms with Gasteiger partial charge in [-0.05, 0) is 37.5 Å². The Hall–Kier alpha value is -1.43. The van der Waals surface area contributed by atoms with E-state index in [9.17, 15) is 4.79 Å². The van der Waals surface area contributed by atoms with E-state index >= 15 is 0 Å². The van der Waals surface area contributed by atoms with Gasteiger partial charge in [0.1, 0.15) is 0 Å². The molecule has 1 aromatic heterocycles. The van der Waals surface area contributed by atoms with E-state index in [0.29, 0.717) is 30.7 Å². The number of hydrogen-bond acceptors (Lipinski definition) is 5. The molecule has 6 heteroatoms. The molecule has 2 heterocycles. The van der Waals surface area contributed by atoms with Crippen molar-refractivity contribution in [2.75, 3.05) is 26.3 Å². The molecule has 1 saturated heterocycles. The van der Waals surface area contributed by atoms with Crippen LogP contribution in [0.3, 0.4) is 0 Å². The molecule has 0 N–H and O–H groups in total. The number of likely N-dealkylation sites (tertiary alicyclic amines) is 1. The van der Waals surface area contributed by atoms with Crippen molar-refractivity contribution in [3.05, 3.63) is 11.7 Å². The van der Waals surface area contributed by atoms with Crippen LogP contribution in [-0.2, 0) is 16.0 Å². The zero-order valence-corrected chi connectivity index (χ0v) is 14.3. The van der Waals surface area contributed by atoms with E-state index in [4.69, 9.17) is 9.26 Å². The Morgan fingerprint density at radius 1 is 1.17 bits per heavy atom. The first-order valence-electron chi connectivity index (χ1n) is 9.46. The average molecular weight is 333 g/mol. The van der Waals surface area contributed by atoms with Crippen LogP contribution < -0.4 is 0 Å². The molecule has 3 aliphatic rings. The molecule has 2 aliphatic carbocycles. The van der Waals surface area contributed by atoms with Crippen molar-refractivity contribution in [3.63, 3.8) is 0 Å². The first-order chi connectivity index (χ1) is 11.8. The van der Waals surface area contributed by atoms with E-state index < -0.39 is 0 Å². The van der Waals surface area contributed by atoms with Crippen molar-refractivity contribution < 1.29 is 14.1 Å². The van der Waals surface area contributed by atoms with Crippen molar-refractivity contribution in [1.82, 2.24) is 15.0 Å². The van der Waals surface area contributed by atoms with Gasteiger partial charge in [0, 0.05) is 32.5 Å². The monoisotopic (exact) mass is 333 g/mol. The number of nitrogens with zero attached hydrogens (tertiary/aromatic N) is 3. The molecule has 4 rings (SSSR count). The summed E-state index contributed by atoms with van der Waals surface area (Å²) < 4.78 is 11.0. The van der Waals surface area contributed by atoms with Crippen LogP contribution in [0.4, 0.5) is 0 Å². The summed E-state index contributed by atoms with van der Waals surface area (Å²) in [6.45, 7) is 2.98. The van der Waals surface area contributed by atoms with Crippen LogP contribution in [0.1, 0.15) is 62.6 Å². The second-order valence-electron chi connectivity index (χ2n) is 7.67. The van der Waals surface area contributed by atoms with Crippen LogP contribution >= 0.6 is 0 Å². The van der Waals surface area contributed by atoms with Crippen LogP contribution in [0.25, 0.3) is 0 Å². The van der Waals surface area contributed by atoms with Crippen molar-refractivity contribution >= 4 is 5.91 Å². The van der Waals surface area contributed by atoms with Crippen LogP contribution in [0.5, 0.6) is 0 Å². The Bertz CT molecular complexity index is 558. The molecule has 0 spiro atoms. The molecule has 6 nitrogen and oxygen atoms in total. The zero-order valence-electron chi connectivity index (χ0n) is 14.3. The standard InChI is InChI=1S/C18H27N3O3/c22-17(9-13-3-1-2-4-13)21-10-15(11-21)18-19-16(20-24-18)7-8-23-12-14-5-6-14/h13-15H,1-12H2. The highest BCUT2D eigenvalue weighted by Gasteiger charge is 2.36. The first-order valence-corrected chi connectivity index (χ1v) is 9.46. The van der Waals surface area contributed by atoms with Crippen molar-refractivity contribution in [2.45, 2.75) is 57.3 Å². The summed E-state index contributed by atoms with van der Waals surface area (Å²) in [5.41, 5.74) is 0. The third-order valence-electron chi connectivity index (χ3n) is 5.53. The summed E-state index contributed by atoms with van der Waals surface area (Å²) in [6, 6.07) is 0. The highest BCUT2D eigenvalue weighted by atomic mass is 16.5. The van der Waals surface area contributed by atoms with Crippen molar-refractivity contribution in [2.24, 2.45) is 11.8 Å². The highest BCUT2D eigenvalue weighted by molar-refractivity contribution is 5.77. The minimum absolute atomic E-state index is 0.214. The topological polar surface area (TPSA) is 68.5 Å². The summed E-state index contributed by atoms with van der Waals surface area (Å²) in [5, 5.41) is 4.03. The van der Waals surface area contributed by atoms with Gasteiger partial charge >= 0.3 is 0 Å². The third kappa shape index (κ3) is 3.97.